The normalized spacial score (nSPS) is 17.6. The van der Waals surface area contributed by atoms with Crippen LogP contribution in [-0.2, 0) is 4.74 Å². The molecule has 7 nitrogen and oxygen atoms in total. The summed E-state index contributed by atoms with van der Waals surface area (Å²) >= 11 is 0. The van der Waals surface area contributed by atoms with Gasteiger partial charge in [0.2, 0.25) is 0 Å². The molecule has 0 spiro atoms. The highest BCUT2D eigenvalue weighted by atomic mass is 19.1. The molecule has 1 saturated heterocycles. The average Bonchev–Trinajstić information content (AvgIpc) is 3.30. The van der Waals surface area contributed by atoms with Gasteiger partial charge in [0.15, 0.2) is 0 Å². The summed E-state index contributed by atoms with van der Waals surface area (Å²) in [5, 5.41) is 4.47. The lowest BCUT2D eigenvalue weighted by atomic mass is 9.89. The first-order chi connectivity index (χ1) is 17.7. The maximum absolute atomic E-state index is 14.7. The van der Waals surface area contributed by atoms with Gasteiger partial charge >= 0.3 is 6.09 Å². The summed E-state index contributed by atoms with van der Waals surface area (Å²) in [6.07, 6.45) is 6.22. The molecule has 2 aromatic heterocycles. The Morgan fingerprint density at radius 2 is 1.95 bits per heavy atom. The first-order valence-corrected chi connectivity index (χ1v) is 13.1. The van der Waals surface area contributed by atoms with Crippen molar-refractivity contribution in [3.8, 4) is 0 Å². The third kappa shape index (κ3) is 5.80. The number of hydrogen-bond acceptors (Lipinski definition) is 5. The zero-order valence-corrected chi connectivity index (χ0v) is 22.1. The lowest BCUT2D eigenvalue weighted by molar-refractivity contribution is 0.0270. The Labute approximate surface area is 217 Å². The number of nitrogens with one attached hydrogen (secondary N) is 2. The number of likely N-dealkylation sites (tertiary alicyclic amines) is 1. The Morgan fingerprint density at radius 3 is 2.65 bits per heavy atom. The van der Waals surface area contributed by atoms with E-state index in [1.54, 1.807) is 23.2 Å². The van der Waals surface area contributed by atoms with E-state index >= 15 is 0 Å². The lowest BCUT2D eigenvalue weighted by Crippen LogP contribution is -2.39. The number of rotatable bonds is 4. The number of halogens is 1. The number of nitrogens with zero attached hydrogens (tertiary/aromatic N) is 3. The number of carbonyl (C=O) groups excluding carboxylic acids is 1. The van der Waals surface area contributed by atoms with Crippen LogP contribution >= 0.6 is 0 Å². The molecular weight excluding hydrogens is 469 g/mol. The van der Waals surface area contributed by atoms with Crippen LogP contribution in [0.5, 0.6) is 0 Å². The summed E-state index contributed by atoms with van der Waals surface area (Å²) in [6.45, 7) is 8.72. The van der Waals surface area contributed by atoms with Gasteiger partial charge in [-0.05, 0) is 108 Å². The SMILES string of the molecule is CN1CCC(c2cc(Nc3ccnc4[nH]c(C5=CCN(C(=O)OC(C)(C)C)CC5)cc34)ccc2F)CC1. The highest BCUT2D eigenvalue weighted by molar-refractivity contribution is 5.94. The molecule has 0 aliphatic carbocycles. The third-order valence-electron chi connectivity index (χ3n) is 7.17. The summed E-state index contributed by atoms with van der Waals surface area (Å²) in [5.41, 5.74) is 5.00. The Bertz CT molecular complexity index is 1320. The fourth-order valence-corrected chi connectivity index (χ4v) is 5.12. The smallest absolute Gasteiger partial charge is 0.410 e. The van der Waals surface area contributed by atoms with E-state index in [4.69, 9.17) is 4.74 Å². The van der Waals surface area contributed by atoms with Crippen LogP contribution < -0.4 is 5.32 Å². The Balaban J connectivity index is 1.34. The maximum Gasteiger partial charge on any atom is 0.410 e. The summed E-state index contributed by atoms with van der Waals surface area (Å²) < 4.78 is 20.2. The van der Waals surface area contributed by atoms with Crippen LogP contribution in [0.15, 0.2) is 42.6 Å². The van der Waals surface area contributed by atoms with Crippen molar-refractivity contribution in [2.45, 2.75) is 51.6 Å². The van der Waals surface area contributed by atoms with Gasteiger partial charge in [-0.15, -0.1) is 0 Å². The maximum atomic E-state index is 14.7. The highest BCUT2D eigenvalue weighted by Gasteiger charge is 2.25. The van der Waals surface area contributed by atoms with Crippen molar-refractivity contribution >= 4 is 34.1 Å². The van der Waals surface area contributed by atoms with Crippen LogP contribution in [0.1, 0.15) is 57.2 Å². The van der Waals surface area contributed by atoms with Gasteiger partial charge < -0.3 is 24.8 Å². The number of carbonyl (C=O) groups is 1. The topological polar surface area (TPSA) is 73.5 Å². The number of aromatic nitrogens is 2. The van der Waals surface area contributed by atoms with Gasteiger partial charge in [0.05, 0.1) is 5.69 Å². The summed E-state index contributed by atoms with van der Waals surface area (Å²) in [7, 11) is 2.12. The van der Waals surface area contributed by atoms with E-state index in [-0.39, 0.29) is 17.8 Å². The molecule has 2 aliphatic rings. The number of H-pyrrole nitrogens is 1. The molecule has 1 aromatic carbocycles. The zero-order chi connectivity index (χ0) is 26.2. The average molecular weight is 506 g/mol. The van der Waals surface area contributed by atoms with Crippen LogP contribution in [0.2, 0.25) is 0 Å². The first kappa shape index (κ1) is 25.3. The molecule has 2 N–H and O–H groups in total. The number of ether oxygens (including phenoxy) is 1. The van der Waals surface area contributed by atoms with E-state index in [1.807, 2.05) is 32.9 Å². The number of anilines is 2. The van der Waals surface area contributed by atoms with E-state index < -0.39 is 5.60 Å². The molecule has 5 rings (SSSR count). The summed E-state index contributed by atoms with van der Waals surface area (Å²) in [6, 6.07) is 9.36. The predicted molar refractivity (Wildman–Crippen MR) is 146 cm³/mol. The fraction of sp³-hybridized carbons (Fsp3) is 0.448. The van der Waals surface area contributed by atoms with Crippen LogP contribution in [-0.4, -0.2) is 64.7 Å². The monoisotopic (exact) mass is 505 g/mol. The number of fused-ring (bicyclic) bond motifs is 1. The second kappa shape index (κ2) is 10.2. The fourth-order valence-electron chi connectivity index (χ4n) is 5.12. The molecule has 1 fully saturated rings. The minimum atomic E-state index is -0.508. The van der Waals surface area contributed by atoms with Crippen molar-refractivity contribution in [1.29, 1.82) is 0 Å². The Morgan fingerprint density at radius 1 is 1.16 bits per heavy atom. The number of piperidine rings is 1. The summed E-state index contributed by atoms with van der Waals surface area (Å²) in [4.78, 5) is 24.4. The van der Waals surface area contributed by atoms with Gasteiger partial charge in [-0.25, -0.2) is 14.2 Å². The molecular formula is C29H36FN5O2. The molecule has 0 atom stereocenters. The number of amides is 1. The third-order valence-corrected chi connectivity index (χ3v) is 7.17. The van der Waals surface area contributed by atoms with E-state index in [0.717, 1.165) is 71.6 Å². The molecule has 196 valence electrons. The molecule has 37 heavy (non-hydrogen) atoms. The second-order valence-electron chi connectivity index (χ2n) is 11.1. The molecule has 0 radical (unpaired) electrons. The van der Waals surface area contributed by atoms with Crippen molar-refractivity contribution < 1.29 is 13.9 Å². The Kier molecular flexibility index (Phi) is 6.94. The molecule has 1 amide bonds. The van der Waals surface area contributed by atoms with Crippen LogP contribution in [0.4, 0.5) is 20.6 Å². The molecule has 4 heterocycles. The number of pyridine rings is 1. The van der Waals surface area contributed by atoms with Gasteiger partial charge in [-0.3, -0.25) is 0 Å². The zero-order valence-electron chi connectivity index (χ0n) is 22.1. The van der Waals surface area contributed by atoms with Gasteiger partial charge in [0.1, 0.15) is 17.1 Å². The van der Waals surface area contributed by atoms with Gasteiger partial charge in [0.25, 0.3) is 0 Å². The van der Waals surface area contributed by atoms with E-state index in [1.165, 1.54) is 0 Å². The molecule has 8 heteroatoms. The van der Waals surface area contributed by atoms with Crippen molar-refractivity contribution in [2.75, 3.05) is 38.5 Å². The molecule has 0 saturated carbocycles. The van der Waals surface area contributed by atoms with Crippen molar-refractivity contribution in [1.82, 2.24) is 19.8 Å². The van der Waals surface area contributed by atoms with Crippen LogP contribution in [0.3, 0.4) is 0 Å². The van der Waals surface area contributed by atoms with E-state index in [0.29, 0.717) is 13.1 Å². The molecule has 0 bridgehead atoms. The number of benzene rings is 1. The van der Waals surface area contributed by atoms with E-state index in [2.05, 4.69) is 39.4 Å². The van der Waals surface area contributed by atoms with Crippen molar-refractivity contribution in [3.05, 3.63) is 59.7 Å². The van der Waals surface area contributed by atoms with Gasteiger partial charge in [-0.2, -0.15) is 0 Å². The number of hydrogen-bond donors (Lipinski definition) is 2. The van der Waals surface area contributed by atoms with Crippen molar-refractivity contribution in [2.24, 2.45) is 0 Å². The Hall–Kier alpha value is -3.39. The van der Waals surface area contributed by atoms with Crippen LogP contribution in [0, 0.1) is 5.82 Å². The van der Waals surface area contributed by atoms with Gasteiger partial charge in [0, 0.05) is 36.1 Å². The van der Waals surface area contributed by atoms with Crippen LogP contribution in [0.25, 0.3) is 16.6 Å². The molecule has 0 unspecified atom stereocenters. The largest absolute Gasteiger partial charge is 0.444 e. The predicted octanol–water partition coefficient (Wildman–Crippen LogP) is 6.28. The van der Waals surface area contributed by atoms with E-state index in [9.17, 15) is 9.18 Å². The standard InChI is InChI=1S/C29H36FN5O2/c1-29(2,3)37-28(36)35-15-10-20(11-16-35)26-18-23-25(7-12-31-27(23)33-26)32-21-5-6-24(30)22(17-21)19-8-13-34(4)14-9-19/h5-7,10,12,17-19H,8-9,11,13-16H2,1-4H3,(H2,31,32,33). The second-order valence-corrected chi connectivity index (χ2v) is 11.1. The van der Waals surface area contributed by atoms with Crippen molar-refractivity contribution in [3.63, 3.8) is 0 Å². The minimum absolute atomic E-state index is 0.131. The lowest BCUT2D eigenvalue weighted by Gasteiger charge is -2.29. The highest BCUT2D eigenvalue weighted by Crippen LogP contribution is 2.34. The van der Waals surface area contributed by atoms with Gasteiger partial charge in [-0.1, -0.05) is 6.08 Å². The first-order valence-electron chi connectivity index (χ1n) is 13.1. The molecule has 2 aliphatic heterocycles. The molecule has 3 aromatic rings. The quantitative estimate of drug-likeness (QED) is 0.437. The minimum Gasteiger partial charge on any atom is -0.444 e. The number of aromatic amines is 1. The summed E-state index contributed by atoms with van der Waals surface area (Å²) in [5.74, 6) is 0.112.